The SMILES string of the molecule is COCC(C)N(C)C(=O)c1cc(Cl)nnc1Cl. The van der Waals surface area contributed by atoms with Gasteiger partial charge >= 0.3 is 0 Å². The lowest BCUT2D eigenvalue weighted by atomic mass is 10.2. The fourth-order valence-corrected chi connectivity index (χ4v) is 1.57. The van der Waals surface area contributed by atoms with Crippen LogP contribution in [0.25, 0.3) is 0 Å². The van der Waals surface area contributed by atoms with E-state index in [0.717, 1.165) is 0 Å². The highest BCUT2D eigenvalue weighted by Gasteiger charge is 2.21. The minimum Gasteiger partial charge on any atom is -0.383 e. The van der Waals surface area contributed by atoms with Gasteiger partial charge in [0.15, 0.2) is 10.3 Å². The fourth-order valence-electron chi connectivity index (χ4n) is 1.25. The molecule has 17 heavy (non-hydrogen) atoms. The van der Waals surface area contributed by atoms with Crippen molar-refractivity contribution in [3.05, 3.63) is 21.9 Å². The molecule has 0 saturated carbocycles. The largest absolute Gasteiger partial charge is 0.383 e. The molecule has 0 aliphatic rings. The van der Waals surface area contributed by atoms with Crippen molar-refractivity contribution >= 4 is 29.1 Å². The molecule has 1 heterocycles. The average Bonchev–Trinajstić information content (AvgIpc) is 2.30. The molecule has 1 aromatic heterocycles. The van der Waals surface area contributed by atoms with Crippen LogP contribution < -0.4 is 0 Å². The normalized spacial score (nSPS) is 12.3. The van der Waals surface area contributed by atoms with E-state index >= 15 is 0 Å². The molecule has 0 saturated heterocycles. The molecule has 94 valence electrons. The van der Waals surface area contributed by atoms with Crippen molar-refractivity contribution in [3.63, 3.8) is 0 Å². The Bertz CT molecular complexity index is 415. The first-order valence-corrected chi connectivity index (χ1v) is 5.67. The molecule has 0 bridgehead atoms. The molecule has 0 aromatic carbocycles. The second-order valence-corrected chi connectivity index (χ2v) is 4.34. The summed E-state index contributed by atoms with van der Waals surface area (Å²) in [4.78, 5) is 13.6. The predicted molar refractivity (Wildman–Crippen MR) is 65.5 cm³/mol. The summed E-state index contributed by atoms with van der Waals surface area (Å²) >= 11 is 11.5. The van der Waals surface area contributed by atoms with Gasteiger partial charge in [-0.25, -0.2) is 0 Å². The summed E-state index contributed by atoms with van der Waals surface area (Å²) in [6, 6.07) is 1.32. The van der Waals surface area contributed by atoms with Gasteiger partial charge in [0.25, 0.3) is 5.91 Å². The quantitative estimate of drug-likeness (QED) is 0.844. The Kier molecular flexibility index (Phi) is 5.11. The monoisotopic (exact) mass is 277 g/mol. The van der Waals surface area contributed by atoms with Crippen LogP contribution >= 0.6 is 23.2 Å². The van der Waals surface area contributed by atoms with Gasteiger partial charge < -0.3 is 9.64 Å². The van der Waals surface area contributed by atoms with Gasteiger partial charge in [0, 0.05) is 14.2 Å². The Morgan fingerprint density at radius 3 is 2.76 bits per heavy atom. The van der Waals surface area contributed by atoms with Crippen LogP contribution in [0.5, 0.6) is 0 Å². The fraction of sp³-hybridized carbons (Fsp3) is 0.500. The Morgan fingerprint density at radius 1 is 1.53 bits per heavy atom. The summed E-state index contributed by atoms with van der Waals surface area (Å²) in [6.45, 7) is 2.30. The molecule has 1 atom stereocenters. The zero-order valence-electron chi connectivity index (χ0n) is 9.78. The lowest BCUT2D eigenvalue weighted by Gasteiger charge is -2.24. The highest BCUT2D eigenvalue weighted by molar-refractivity contribution is 6.34. The molecule has 1 amide bonds. The average molecular weight is 278 g/mol. The lowest BCUT2D eigenvalue weighted by molar-refractivity contribution is 0.0633. The zero-order chi connectivity index (χ0) is 13.0. The summed E-state index contributed by atoms with van der Waals surface area (Å²) in [7, 11) is 3.24. The summed E-state index contributed by atoms with van der Waals surface area (Å²) in [5, 5.41) is 7.31. The number of hydrogen-bond acceptors (Lipinski definition) is 4. The van der Waals surface area contributed by atoms with E-state index in [1.807, 2.05) is 6.92 Å². The Labute approximate surface area is 110 Å². The third kappa shape index (κ3) is 3.52. The number of halogens is 2. The van der Waals surface area contributed by atoms with Gasteiger partial charge in [0.2, 0.25) is 0 Å². The van der Waals surface area contributed by atoms with E-state index < -0.39 is 0 Å². The number of ether oxygens (including phenoxy) is 1. The summed E-state index contributed by atoms with van der Waals surface area (Å²) in [5.74, 6) is -0.267. The number of aromatic nitrogens is 2. The van der Waals surface area contributed by atoms with E-state index in [0.29, 0.717) is 6.61 Å². The van der Waals surface area contributed by atoms with E-state index in [2.05, 4.69) is 10.2 Å². The number of likely N-dealkylation sites (N-methyl/N-ethyl adjacent to an activating group) is 1. The molecule has 0 N–H and O–H groups in total. The van der Waals surface area contributed by atoms with Gasteiger partial charge in [-0.05, 0) is 13.0 Å². The standard InChI is InChI=1S/C10H13Cl2N3O2/c1-6(5-17-3)15(2)10(16)7-4-8(11)13-14-9(7)12/h4,6H,5H2,1-3H3. The third-order valence-electron chi connectivity index (χ3n) is 2.34. The molecular formula is C10H13Cl2N3O2. The van der Waals surface area contributed by atoms with E-state index in [4.69, 9.17) is 27.9 Å². The molecule has 7 heteroatoms. The molecule has 0 radical (unpaired) electrons. The molecule has 0 aliphatic heterocycles. The number of nitrogens with zero attached hydrogens (tertiary/aromatic N) is 3. The number of rotatable bonds is 4. The number of carbonyl (C=O) groups excluding carboxylic acids is 1. The van der Waals surface area contributed by atoms with Crippen molar-refractivity contribution in [2.45, 2.75) is 13.0 Å². The minimum absolute atomic E-state index is 0.0378. The number of carbonyl (C=O) groups is 1. The zero-order valence-corrected chi connectivity index (χ0v) is 11.3. The van der Waals surface area contributed by atoms with Crippen molar-refractivity contribution in [2.24, 2.45) is 0 Å². The second kappa shape index (κ2) is 6.14. The predicted octanol–water partition coefficient (Wildman–Crippen LogP) is 1.89. The summed E-state index contributed by atoms with van der Waals surface area (Å²) in [6.07, 6.45) is 0. The first-order chi connectivity index (χ1) is 7.97. The first kappa shape index (κ1) is 14.2. The Balaban J connectivity index is 2.92. The maximum absolute atomic E-state index is 12.1. The lowest BCUT2D eigenvalue weighted by Crippen LogP contribution is -2.38. The van der Waals surface area contributed by atoms with Gasteiger partial charge in [-0.1, -0.05) is 23.2 Å². The van der Waals surface area contributed by atoms with Gasteiger partial charge in [-0.2, -0.15) is 0 Å². The van der Waals surface area contributed by atoms with Crippen LogP contribution in [0, 0.1) is 0 Å². The smallest absolute Gasteiger partial charge is 0.257 e. The highest BCUT2D eigenvalue weighted by atomic mass is 35.5. The van der Waals surface area contributed by atoms with E-state index in [1.54, 1.807) is 14.2 Å². The van der Waals surface area contributed by atoms with E-state index in [-0.39, 0.29) is 27.8 Å². The van der Waals surface area contributed by atoms with Crippen LogP contribution in [0.1, 0.15) is 17.3 Å². The van der Waals surface area contributed by atoms with Gasteiger partial charge in [0.05, 0.1) is 18.2 Å². The Morgan fingerprint density at radius 2 is 2.18 bits per heavy atom. The molecule has 1 rings (SSSR count). The molecule has 0 spiro atoms. The molecular weight excluding hydrogens is 265 g/mol. The first-order valence-electron chi connectivity index (χ1n) is 4.92. The van der Waals surface area contributed by atoms with Crippen LogP contribution in [0.4, 0.5) is 0 Å². The van der Waals surface area contributed by atoms with Crippen LogP contribution in [0.3, 0.4) is 0 Å². The van der Waals surface area contributed by atoms with Gasteiger partial charge in [-0.3, -0.25) is 4.79 Å². The highest BCUT2D eigenvalue weighted by Crippen LogP contribution is 2.17. The van der Waals surface area contributed by atoms with Crippen LogP contribution in [0.2, 0.25) is 10.3 Å². The maximum Gasteiger partial charge on any atom is 0.257 e. The maximum atomic E-state index is 12.1. The van der Waals surface area contributed by atoms with Crippen molar-refractivity contribution in [3.8, 4) is 0 Å². The molecule has 1 unspecified atom stereocenters. The minimum atomic E-state index is -0.267. The van der Waals surface area contributed by atoms with E-state index in [9.17, 15) is 4.79 Å². The van der Waals surface area contributed by atoms with Crippen molar-refractivity contribution in [2.75, 3.05) is 20.8 Å². The van der Waals surface area contributed by atoms with E-state index in [1.165, 1.54) is 11.0 Å². The van der Waals surface area contributed by atoms with Crippen LogP contribution in [-0.2, 0) is 4.74 Å². The van der Waals surface area contributed by atoms with Crippen molar-refractivity contribution in [1.29, 1.82) is 0 Å². The van der Waals surface area contributed by atoms with Crippen molar-refractivity contribution < 1.29 is 9.53 Å². The second-order valence-electron chi connectivity index (χ2n) is 3.59. The topological polar surface area (TPSA) is 55.3 Å². The van der Waals surface area contributed by atoms with Crippen LogP contribution in [-0.4, -0.2) is 47.8 Å². The summed E-state index contributed by atoms with van der Waals surface area (Å²) in [5.41, 5.74) is 0.233. The van der Waals surface area contributed by atoms with Gasteiger partial charge in [-0.15, -0.1) is 10.2 Å². The van der Waals surface area contributed by atoms with Crippen LogP contribution in [0.15, 0.2) is 6.07 Å². The van der Waals surface area contributed by atoms with Crippen molar-refractivity contribution in [1.82, 2.24) is 15.1 Å². The Hall–Kier alpha value is -0.910. The van der Waals surface area contributed by atoms with Gasteiger partial charge in [0.1, 0.15) is 0 Å². The molecule has 5 nitrogen and oxygen atoms in total. The number of methoxy groups -OCH3 is 1. The molecule has 0 fully saturated rings. The molecule has 1 aromatic rings. The molecule has 0 aliphatic carbocycles. The number of hydrogen-bond donors (Lipinski definition) is 0. The third-order valence-corrected chi connectivity index (χ3v) is 2.80. The summed E-state index contributed by atoms with van der Waals surface area (Å²) < 4.78 is 4.98. The number of amides is 1.